The van der Waals surface area contributed by atoms with Crippen LogP contribution in [0.3, 0.4) is 0 Å². The van der Waals surface area contributed by atoms with Crippen LogP contribution in [0.4, 0.5) is 4.39 Å². The summed E-state index contributed by atoms with van der Waals surface area (Å²) in [6, 6.07) is 7.77. The lowest BCUT2D eigenvalue weighted by atomic mass is 10.1. The molecule has 7 heteroatoms. The zero-order valence-electron chi connectivity index (χ0n) is 12.3. The maximum Gasteiger partial charge on any atom is 0.340 e. The molecule has 0 amide bonds. The number of rotatable bonds is 6. The van der Waals surface area contributed by atoms with Crippen LogP contribution in [0.1, 0.15) is 5.56 Å². The monoisotopic (exact) mass is 356 g/mol. The van der Waals surface area contributed by atoms with E-state index in [1.54, 1.807) is 18.2 Å². The minimum absolute atomic E-state index is 0.0145. The quantitative estimate of drug-likeness (QED) is 0.580. The van der Waals surface area contributed by atoms with Gasteiger partial charge in [0.05, 0.1) is 12.1 Å². The lowest BCUT2D eigenvalue weighted by Crippen LogP contribution is -2.11. The molecule has 122 valence electrons. The summed E-state index contributed by atoms with van der Waals surface area (Å²) >= 11 is 5.78. The third kappa shape index (κ3) is 4.03. The van der Waals surface area contributed by atoms with Crippen LogP contribution in [-0.2, 0) is 16.5 Å². The van der Waals surface area contributed by atoms with Crippen LogP contribution in [0.15, 0.2) is 53.9 Å². The summed E-state index contributed by atoms with van der Waals surface area (Å²) in [5, 5.41) is -0.257. The Hall–Kier alpha value is -2.05. The fourth-order valence-corrected chi connectivity index (χ4v) is 3.36. The van der Waals surface area contributed by atoms with E-state index in [1.807, 2.05) is 0 Å². The molecule has 0 bridgehead atoms. The average Bonchev–Trinajstić information content (AvgIpc) is 2.48. The van der Waals surface area contributed by atoms with E-state index in [-0.39, 0.29) is 21.4 Å². The van der Waals surface area contributed by atoms with Gasteiger partial charge in [0, 0.05) is 0 Å². The molecular formula is C16H14ClFO4S. The molecule has 0 fully saturated rings. The number of halogens is 2. The number of allylic oxidation sites excluding steroid dienone is 1. The smallest absolute Gasteiger partial charge is 0.340 e. The summed E-state index contributed by atoms with van der Waals surface area (Å²) < 4.78 is 47.9. The second-order valence-corrected chi connectivity index (χ2v) is 6.51. The summed E-state index contributed by atoms with van der Waals surface area (Å²) in [7, 11) is -2.82. The first-order chi connectivity index (χ1) is 10.9. The van der Waals surface area contributed by atoms with Gasteiger partial charge in [-0.15, -0.1) is 6.58 Å². The van der Waals surface area contributed by atoms with Crippen LogP contribution in [0, 0.1) is 5.82 Å². The van der Waals surface area contributed by atoms with Crippen molar-refractivity contribution in [1.82, 2.24) is 0 Å². The van der Waals surface area contributed by atoms with E-state index in [2.05, 4.69) is 6.58 Å². The standard InChI is InChI=1S/C16H14ClFO4S/c1-3-4-11-5-7-14(15(9-11)21-2)22-23(19,20)16-8-6-12(18)10-13(16)17/h3,5-10H,1,4H2,2H3. The van der Waals surface area contributed by atoms with E-state index in [4.69, 9.17) is 20.5 Å². The molecule has 0 saturated carbocycles. The Kier molecular flexibility index (Phi) is 5.28. The lowest BCUT2D eigenvalue weighted by Gasteiger charge is -2.12. The highest BCUT2D eigenvalue weighted by molar-refractivity contribution is 7.87. The van der Waals surface area contributed by atoms with E-state index in [9.17, 15) is 12.8 Å². The Morgan fingerprint density at radius 3 is 2.57 bits per heavy atom. The Balaban J connectivity index is 2.38. The number of methoxy groups -OCH3 is 1. The van der Waals surface area contributed by atoms with Crippen molar-refractivity contribution in [1.29, 1.82) is 0 Å². The molecule has 0 heterocycles. The van der Waals surface area contributed by atoms with Crippen molar-refractivity contribution in [3.8, 4) is 11.5 Å². The molecule has 23 heavy (non-hydrogen) atoms. The average molecular weight is 357 g/mol. The Labute approximate surface area is 139 Å². The second kappa shape index (κ2) is 7.02. The number of hydrogen-bond acceptors (Lipinski definition) is 4. The van der Waals surface area contributed by atoms with Crippen LogP contribution >= 0.6 is 11.6 Å². The molecule has 2 aromatic carbocycles. The zero-order chi connectivity index (χ0) is 17.0. The molecule has 0 N–H and O–H groups in total. The topological polar surface area (TPSA) is 52.6 Å². The molecule has 0 aliphatic heterocycles. The fraction of sp³-hybridized carbons (Fsp3) is 0.125. The van der Waals surface area contributed by atoms with Crippen molar-refractivity contribution >= 4 is 21.7 Å². The molecule has 0 saturated heterocycles. The minimum Gasteiger partial charge on any atom is -0.493 e. The third-order valence-electron chi connectivity index (χ3n) is 2.97. The van der Waals surface area contributed by atoms with Gasteiger partial charge in [-0.3, -0.25) is 0 Å². The van der Waals surface area contributed by atoms with Crippen molar-refractivity contribution in [2.45, 2.75) is 11.3 Å². The van der Waals surface area contributed by atoms with Gasteiger partial charge < -0.3 is 8.92 Å². The van der Waals surface area contributed by atoms with E-state index >= 15 is 0 Å². The van der Waals surface area contributed by atoms with Gasteiger partial charge in [-0.2, -0.15) is 8.42 Å². The predicted molar refractivity (Wildman–Crippen MR) is 86.1 cm³/mol. The summed E-state index contributed by atoms with van der Waals surface area (Å²) in [5.74, 6) is -0.368. The SMILES string of the molecule is C=CCc1ccc(OS(=O)(=O)c2ccc(F)cc2Cl)c(OC)c1. The summed E-state index contributed by atoms with van der Waals surface area (Å²) in [5.41, 5.74) is 0.890. The van der Waals surface area contributed by atoms with Gasteiger partial charge in [-0.05, 0) is 42.3 Å². The molecule has 0 aromatic heterocycles. The summed E-state index contributed by atoms with van der Waals surface area (Å²) in [6.07, 6.45) is 2.32. The van der Waals surface area contributed by atoms with Gasteiger partial charge in [0.15, 0.2) is 11.5 Å². The fourth-order valence-electron chi connectivity index (χ4n) is 1.92. The van der Waals surface area contributed by atoms with Crippen LogP contribution < -0.4 is 8.92 Å². The number of benzene rings is 2. The van der Waals surface area contributed by atoms with Crippen molar-refractivity contribution < 1.29 is 21.7 Å². The van der Waals surface area contributed by atoms with E-state index in [1.165, 1.54) is 13.2 Å². The van der Waals surface area contributed by atoms with E-state index in [0.717, 1.165) is 23.8 Å². The van der Waals surface area contributed by atoms with Crippen molar-refractivity contribution in [3.05, 3.63) is 65.5 Å². The van der Waals surface area contributed by atoms with Crippen LogP contribution in [-0.4, -0.2) is 15.5 Å². The lowest BCUT2D eigenvalue weighted by molar-refractivity contribution is 0.390. The van der Waals surface area contributed by atoms with E-state index in [0.29, 0.717) is 6.42 Å². The maximum atomic E-state index is 13.1. The van der Waals surface area contributed by atoms with Gasteiger partial charge in [0.25, 0.3) is 0 Å². The first-order valence-corrected chi connectivity index (χ1v) is 8.33. The molecule has 0 spiro atoms. The molecule has 0 aliphatic rings. The van der Waals surface area contributed by atoms with Crippen molar-refractivity contribution in [2.24, 2.45) is 0 Å². The molecule has 2 rings (SSSR count). The van der Waals surface area contributed by atoms with Crippen molar-refractivity contribution in [3.63, 3.8) is 0 Å². The van der Waals surface area contributed by atoms with Gasteiger partial charge in [-0.1, -0.05) is 23.7 Å². The Morgan fingerprint density at radius 2 is 1.96 bits per heavy atom. The molecule has 0 aliphatic carbocycles. The molecule has 0 radical (unpaired) electrons. The van der Waals surface area contributed by atoms with Crippen LogP contribution in [0.25, 0.3) is 0 Å². The highest BCUT2D eigenvalue weighted by Crippen LogP contribution is 2.32. The zero-order valence-corrected chi connectivity index (χ0v) is 13.8. The van der Waals surface area contributed by atoms with E-state index < -0.39 is 15.9 Å². The maximum absolute atomic E-state index is 13.1. The van der Waals surface area contributed by atoms with Crippen LogP contribution in [0.2, 0.25) is 5.02 Å². The van der Waals surface area contributed by atoms with Gasteiger partial charge in [-0.25, -0.2) is 4.39 Å². The normalized spacial score (nSPS) is 11.1. The highest BCUT2D eigenvalue weighted by atomic mass is 35.5. The minimum atomic E-state index is -4.22. The number of ether oxygens (including phenoxy) is 1. The summed E-state index contributed by atoms with van der Waals surface area (Å²) in [4.78, 5) is -0.321. The largest absolute Gasteiger partial charge is 0.493 e. The summed E-state index contributed by atoms with van der Waals surface area (Å²) in [6.45, 7) is 3.64. The molecular weight excluding hydrogens is 343 g/mol. The Morgan fingerprint density at radius 1 is 1.22 bits per heavy atom. The third-order valence-corrected chi connectivity index (χ3v) is 4.69. The first kappa shape index (κ1) is 17.3. The predicted octanol–water partition coefficient (Wildman–Crippen LogP) is 3.98. The molecule has 2 aromatic rings. The van der Waals surface area contributed by atoms with Crippen LogP contribution in [0.5, 0.6) is 11.5 Å². The molecule has 0 unspecified atom stereocenters. The van der Waals surface area contributed by atoms with Gasteiger partial charge in [0.1, 0.15) is 10.7 Å². The first-order valence-electron chi connectivity index (χ1n) is 6.54. The van der Waals surface area contributed by atoms with Crippen molar-refractivity contribution in [2.75, 3.05) is 7.11 Å². The highest BCUT2D eigenvalue weighted by Gasteiger charge is 2.22. The number of hydrogen-bond donors (Lipinski definition) is 0. The molecule has 0 atom stereocenters. The Bertz CT molecular complexity index is 834. The van der Waals surface area contributed by atoms with Gasteiger partial charge in [0.2, 0.25) is 0 Å². The van der Waals surface area contributed by atoms with Gasteiger partial charge >= 0.3 is 10.1 Å². The second-order valence-electron chi connectivity index (χ2n) is 4.59. The molecule has 4 nitrogen and oxygen atoms in total.